The van der Waals surface area contributed by atoms with Gasteiger partial charge in [0.2, 0.25) is 5.91 Å². The minimum Gasteiger partial charge on any atom is -0.318 e. The van der Waals surface area contributed by atoms with Crippen LogP contribution in [0, 0.1) is 0 Å². The van der Waals surface area contributed by atoms with Gasteiger partial charge in [0.15, 0.2) is 5.16 Å². The Morgan fingerprint density at radius 3 is 2.66 bits per heavy atom. The highest BCUT2D eigenvalue weighted by atomic mass is 32.2. The lowest BCUT2D eigenvalue weighted by molar-refractivity contribution is -0.138. The van der Waals surface area contributed by atoms with E-state index in [9.17, 15) is 14.4 Å². The first-order chi connectivity index (χ1) is 13.9. The van der Waals surface area contributed by atoms with Gasteiger partial charge in [-0.25, -0.2) is 4.79 Å². The molecular formula is C19H22N6O3S. The fourth-order valence-corrected chi connectivity index (χ4v) is 4.14. The maximum Gasteiger partial charge on any atom is 0.344 e. The van der Waals surface area contributed by atoms with E-state index in [0.717, 1.165) is 30.2 Å². The molecule has 4 rings (SSSR count). The van der Waals surface area contributed by atoms with Gasteiger partial charge in [-0.3, -0.25) is 15.0 Å². The molecular weight excluding hydrogens is 392 g/mol. The predicted molar refractivity (Wildman–Crippen MR) is 106 cm³/mol. The van der Waals surface area contributed by atoms with E-state index in [1.807, 2.05) is 17.6 Å². The van der Waals surface area contributed by atoms with Crippen molar-refractivity contribution in [2.24, 2.45) is 0 Å². The Labute approximate surface area is 172 Å². The van der Waals surface area contributed by atoms with Crippen molar-refractivity contribution < 1.29 is 14.4 Å². The summed E-state index contributed by atoms with van der Waals surface area (Å²) in [5.74, 6) is 0.451. The Kier molecular flexibility index (Phi) is 5.03. The standard InChI is InChI=1S/C19H22N6O3S/c1-3-24-15(12-9-10-12)21-22-18(24)29-11-14(26)23-25-16(27)19(2,20-17(25)28)13-7-5-4-6-8-13/h4-8,12H,3,9-11H2,1-2H3,(H,20,28)(H,23,26)/t19-/m1/s1. The molecule has 0 unspecified atom stereocenters. The number of hydrogen-bond donors (Lipinski definition) is 2. The van der Waals surface area contributed by atoms with E-state index in [4.69, 9.17) is 0 Å². The highest BCUT2D eigenvalue weighted by molar-refractivity contribution is 7.99. The number of aromatic nitrogens is 3. The van der Waals surface area contributed by atoms with Gasteiger partial charge in [0.1, 0.15) is 11.4 Å². The van der Waals surface area contributed by atoms with Crippen LogP contribution in [0.25, 0.3) is 0 Å². The molecule has 1 atom stereocenters. The van der Waals surface area contributed by atoms with Gasteiger partial charge in [-0.05, 0) is 32.3 Å². The van der Waals surface area contributed by atoms with Crippen molar-refractivity contribution in [2.75, 3.05) is 5.75 Å². The molecule has 2 aliphatic rings. The summed E-state index contributed by atoms with van der Waals surface area (Å²) in [5, 5.41) is 12.5. The largest absolute Gasteiger partial charge is 0.344 e. The van der Waals surface area contributed by atoms with Crippen LogP contribution in [0.15, 0.2) is 35.5 Å². The second-order valence-corrected chi connectivity index (χ2v) is 8.19. The molecule has 0 bridgehead atoms. The maximum atomic E-state index is 12.8. The Morgan fingerprint density at radius 2 is 2.00 bits per heavy atom. The van der Waals surface area contributed by atoms with Gasteiger partial charge < -0.3 is 9.88 Å². The number of amides is 4. The predicted octanol–water partition coefficient (Wildman–Crippen LogP) is 1.77. The third-order valence-electron chi connectivity index (χ3n) is 5.12. The molecule has 2 aromatic rings. The number of rotatable bonds is 7. The SMILES string of the molecule is CCn1c(SCC(=O)NN2C(=O)N[C@](C)(c3ccccc3)C2=O)nnc1C1CC1. The quantitative estimate of drug-likeness (QED) is 0.528. The van der Waals surface area contributed by atoms with E-state index < -0.39 is 23.4 Å². The van der Waals surface area contributed by atoms with E-state index in [1.165, 1.54) is 11.8 Å². The summed E-state index contributed by atoms with van der Waals surface area (Å²) in [6.07, 6.45) is 2.24. The molecule has 29 heavy (non-hydrogen) atoms. The number of carbonyl (C=O) groups excluding carboxylic acids is 3. The van der Waals surface area contributed by atoms with Crippen molar-refractivity contribution in [3.8, 4) is 0 Å². The molecule has 2 heterocycles. The first-order valence-corrected chi connectivity index (χ1v) is 10.5. The topological polar surface area (TPSA) is 109 Å². The van der Waals surface area contributed by atoms with Crippen LogP contribution in [0.4, 0.5) is 4.79 Å². The summed E-state index contributed by atoms with van der Waals surface area (Å²) in [6, 6.07) is 8.26. The van der Waals surface area contributed by atoms with Crippen molar-refractivity contribution in [2.45, 2.75) is 49.8 Å². The molecule has 1 aromatic heterocycles. The maximum absolute atomic E-state index is 12.8. The highest BCUT2D eigenvalue weighted by Gasteiger charge is 2.49. The van der Waals surface area contributed by atoms with E-state index >= 15 is 0 Å². The first kappa shape index (κ1) is 19.4. The van der Waals surface area contributed by atoms with Crippen LogP contribution in [0.2, 0.25) is 0 Å². The molecule has 1 saturated heterocycles. The molecule has 9 nitrogen and oxygen atoms in total. The molecule has 1 aliphatic heterocycles. The van der Waals surface area contributed by atoms with Crippen LogP contribution in [0.3, 0.4) is 0 Å². The third kappa shape index (κ3) is 3.59. The third-order valence-corrected chi connectivity index (χ3v) is 6.08. The fourth-order valence-electron chi connectivity index (χ4n) is 3.34. The Bertz CT molecular complexity index is 958. The monoisotopic (exact) mass is 414 g/mol. The second-order valence-electron chi connectivity index (χ2n) is 7.24. The summed E-state index contributed by atoms with van der Waals surface area (Å²) < 4.78 is 2.01. The summed E-state index contributed by atoms with van der Waals surface area (Å²) in [5.41, 5.74) is 1.83. The van der Waals surface area contributed by atoms with E-state index in [-0.39, 0.29) is 5.75 Å². The minimum absolute atomic E-state index is 0.0158. The van der Waals surface area contributed by atoms with Gasteiger partial charge in [0, 0.05) is 12.5 Å². The lowest BCUT2D eigenvalue weighted by Gasteiger charge is -2.22. The van der Waals surface area contributed by atoms with Crippen LogP contribution < -0.4 is 10.7 Å². The number of nitrogens with one attached hydrogen (secondary N) is 2. The van der Waals surface area contributed by atoms with Crippen molar-refractivity contribution in [3.05, 3.63) is 41.7 Å². The summed E-state index contributed by atoms with van der Waals surface area (Å²) in [7, 11) is 0. The molecule has 2 fully saturated rings. The lowest BCUT2D eigenvalue weighted by atomic mass is 9.92. The average Bonchev–Trinajstić information content (AvgIpc) is 3.45. The molecule has 1 aromatic carbocycles. The number of hydrazine groups is 1. The van der Waals surface area contributed by atoms with Crippen LogP contribution in [-0.4, -0.2) is 43.4 Å². The number of thioether (sulfide) groups is 1. The van der Waals surface area contributed by atoms with Gasteiger partial charge in [-0.2, -0.15) is 5.01 Å². The number of benzene rings is 1. The lowest BCUT2D eigenvalue weighted by Crippen LogP contribution is -2.48. The molecule has 0 radical (unpaired) electrons. The smallest absolute Gasteiger partial charge is 0.318 e. The molecule has 0 spiro atoms. The minimum atomic E-state index is -1.22. The Balaban J connectivity index is 1.40. The van der Waals surface area contributed by atoms with Crippen LogP contribution in [-0.2, 0) is 21.7 Å². The van der Waals surface area contributed by atoms with Crippen molar-refractivity contribution >= 4 is 29.6 Å². The van der Waals surface area contributed by atoms with Crippen LogP contribution >= 0.6 is 11.8 Å². The van der Waals surface area contributed by atoms with E-state index in [0.29, 0.717) is 16.6 Å². The van der Waals surface area contributed by atoms with Gasteiger partial charge in [-0.15, -0.1) is 10.2 Å². The van der Waals surface area contributed by atoms with E-state index in [2.05, 4.69) is 20.9 Å². The first-order valence-electron chi connectivity index (χ1n) is 9.51. The molecule has 4 amide bonds. The molecule has 1 saturated carbocycles. The summed E-state index contributed by atoms with van der Waals surface area (Å²) in [4.78, 5) is 37.5. The number of hydrogen-bond acceptors (Lipinski definition) is 6. The van der Waals surface area contributed by atoms with Crippen molar-refractivity contribution in [1.29, 1.82) is 0 Å². The number of nitrogens with zero attached hydrogens (tertiary/aromatic N) is 4. The summed E-state index contributed by atoms with van der Waals surface area (Å²) >= 11 is 1.24. The summed E-state index contributed by atoms with van der Waals surface area (Å²) in [6.45, 7) is 4.36. The Morgan fingerprint density at radius 1 is 1.28 bits per heavy atom. The fraction of sp³-hybridized carbons (Fsp3) is 0.421. The Hall–Kier alpha value is -2.88. The van der Waals surface area contributed by atoms with Gasteiger partial charge in [0.05, 0.1) is 5.75 Å². The zero-order chi connectivity index (χ0) is 20.6. The molecule has 2 N–H and O–H groups in total. The zero-order valence-electron chi connectivity index (χ0n) is 16.2. The van der Waals surface area contributed by atoms with Crippen LogP contribution in [0.1, 0.15) is 44.0 Å². The molecule has 10 heteroatoms. The van der Waals surface area contributed by atoms with Crippen molar-refractivity contribution in [3.63, 3.8) is 0 Å². The van der Waals surface area contributed by atoms with Crippen molar-refractivity contribution in [1.82, 2.24) is 30.5 Å². The van der Waals surface area contributed by atoms with Gasteiger partial charge in [-0.1, -0.05) is 42.1 Å². The number of imide groups is 1. The second kappa shape index (κ2) is 7.51. The normalized spacial score (nSPS) is 21.4. The van der Waals surface area contributed by atoms with E-state index in [1.54, 1.807) is 31.2 Å². The number of urea groups is 1. The van der Waals surface area contributed by atoms with Gasteiger partial charge >= 0.3 is 6.03 Å². The number of carbonyl (C=O) groups is 3. The highest BCUT2D eigenvalue weighted by Crippen LogP contribution is 2.40. The van der Waals surface area contributed by atoms with Crippen LogP contribution in [0.5, 0.6) is 0 Å². The van der Waals surface area contributed by atoms with Gasteiger partial charge in [0.25, 0.3) is 5.91 Å². The molecule has 152 valence electrons. The molecule has 1 aliphatic carbocycles. The average molecular weight is 414 g/mol. The zero-order valence-corrected chi connectivity index (χ0v) is 17.0.